The molecule has 3 nitrogen and oxygen atoms in total. The van der Waals surface area contributed by atoms with Gasteiger partial charge in [0.1, 0.15) is 0 Å². The highest BCUT2D eigenvalue weighted by atomic mass is 35.5. The second-order valence-corrected chi connectivity index (χ2v) is 8.54. The smallest absolute Gasteiger partial charge is 0.226 e. The zero-order chi connectivity index (χ0) is 16.1. The van der Waals surface area contributed by atoms with E-state index < -0.39 is 5.60 Å². The first-order chi connectivity index (χ1) is 11.0. The molecule has 124 valence electrons. The van der Waals surface area contributed by atoms with Crippen LogP contribution in [0, 0.1) is 17.3 Å². The van der Waals surface area contributed by atoms with Gasteiger partial charge in [0.05, 0.1) is 11.0 Å². The van der Waals surface area contributed by atoms with Gasteiger partial charge in [0.25, 0.3) is 0 Å². The molecule has 1 aromatic carbocycles. The first-order valence-electron chi connectivity index (χ1n) is 8.72. The largest absolute Gasteiger partial charge is 0.390 e. The Morgan fingerprint density at radius 1 is 1.26 bits per heavy atom. The van der Waals surface area contributed by atoms with Crippen LogP contribution in [-0.4, -0.2) is 23.2 Å². The van der Waals surface area contributed by atoms with Gasteiger partial charge in [-0.25, -0.2) is 0 Å². The van der Waals surface area contributed by atoms with Gasteiger partial charge in [-0.1, -0.05) is 23.7 Å². The lowest BCUT2D eigenvalue weighted by atomic mass is 9.47. The fraction of sp³-hybridized carbons (Fsp3) is 0.632. The molecule has 1 aromatic rings. The fourth-order valence-corrected chi connectivity index (χ4v) is 5.89. The maximum absolute atomic E-state index is 12.8. The van der Waals surface area contributed by atoms with E-state index in [1.54, 1.807) is 0 Å². The number of halogens is 1. The first kappa shape index (κ1) is 15.5. The molecule has 2 N–H and O–H groups in total. The summed E-state index contributed by atoms with van der Waals surface area (Å²) in [4.78, 5) is 12.8. The number of amides is 1. The Bertz CT molecular complexity index is 616. The first-order valence-corrected chi connectivity index (χ1v) is 9.09. The second kappa shape index (κ2) is 5.49. The molecule has 0 aromatic heterocycles. The summed E-state index contributed by atoms with van der Waals surface area (Å²) in [6, 6.07) is 7.78. The summed E-state index contributed by atoms with van der Waals surface area (Å²) in [7, 11) is 0. The number of benzene rings is 1. The number of hydrogen-bond donors (Lipinski definition) is 2. The Morgan fingerprint density at radius 3 is 2.65 bits per heavy atom. The van der Waals surface area contributed by atoms with E-state index in [9.17, 15) is 9.90 Å². The highest BCUT2D eigenvalue weighted by Crippen LogP contribution is 2.61. The molecule has 4 aliphatic carbocycles. The molecule has 4 fully saturated rings. The topological polar surface area (TPSA) is 49.3 Å². The number of carbonyl (C=O) groups is 1. The van der Waals surface area contributed by atoms with Crippen molar-refractivity contribution >= 4 is 17.5 Å². The summed E-state index contributed by atoms with van der Waals surface area (Å²) in [6.45, 7) is 0.634. The summed E-state index contributed by atoms with van der Waals surface area (Å²) in [6.07, 6.45) is 6.40. The molecule has 0 spiro atoms. The molecule has 0 aliphatic heterocycles. The highest BCUT2D eigenvalue weighted by Gasteiger charge is 2.59. The van der Waals surface area contributed by atoms with E-state index >= 15 is 0 Å². The van der Waals surface area contributed by atoms with E-state index in [2.05, 4.69) is 5.32 Å². The molecular weight excluding hydrogens is 310 g/mol. The predicted octanol–water partition coefficient (Wildman–Crippen LogP) is 3.33. The summed E-state index contributed by atoms with van der Waals surface area (Å²) >= 11 is 6.00. The van der Waals surface area contributed by atoms with Crippen molar-refractivity contribution in [3.8, 4) is 0 Å². The molecule has 0 heterocycles. The van der Waals surface area contributed by atoms with Crippen molar-refractivity contribution in [3.63, 3.8) is 0 Å². The SMILES string of the molecule is O=C(NCCc1cccc(Cl)c1)C12C[C@H]3C[C@@H](CC(O)(C3)C1)C2. The third kappa shape index (κ3) is 2.89. The second-order valence-electron chi connectivity index (χ2n) is 8.10. The highest BCUT2D eigenvalue weighted by molar-refractivity contribution is 6.30. The summed E-state index contributed by atoms with van der Waals surface area (Å²) in [5.74, 6) is 1.24. The van der Waals surface area contributed by atoms with Crippen LogP contribution in [0.15, 0.2) is 24.3 Å². The fourth-order valence-electron chi connectivity index (χ4n) is 5.68. The predicted molar refractivity (Wildman–Crippen MR) is 90.2 cm³/mol. The number of carbonyl (C=O) groups excluding carboxylic acids is 1. The Morgan fingerprint density at radius 2 is 2.00 bits per heavy atom. The van der Waals surface area contributed by atoms with Crippen molar-refractivity contribution < 1.29 is 9.90 Å². The Balaban J connectivity index is 1.39. The number of aliphatic hydroxyl groups is 1. The summed E-state index contributed by atoms with van der Waals surface area (Å²) in [5, 5.41) is 14.6. The minimum atomic E-state index is -0.575. The number of nitrogens with one attached hydrogen (secondary N) is 1. The Kier molecular flexibility index (Phi) is 3.69. The average molecular weight is 334 g/mol. The zero-order valence-corrected chi connectivity index (χ0v) is 14.1. The minimum absolute atomic E-state index is 0.159. The van der Waals surface area contributed by atoms with Crippen molar-refractivity contribution in [2.75, 3.05) is 6.54 Å². The van der Waals surface area contributed by atoms with Crippen LogP contribution in [0.25, 0.3) is 0 Å². The van der Waals surface area contributed by atoms with E-state index in [4.69, 9.17) is 11.6 Å². The molecule has 4 heteroatoms. The van der Waals surface area contributed by atoms with Gasteiger partial charge in [0, 0.05) is 11.6 Å². The molecular formula is C19H24ClNO2. The molecule has 2 atom stereocenters. The van der Waals surface area contributed by atoms with Gasteiger partial charge in [0.2, 0.25) is 5.91 Å². The van der Waals surface area contributed by atoms with Crippen molar-refractivity contribution in [1.82, 2.24) is 5.32 Å². The molecule has 23 heavy (non-hydrogen) atoms. The normalized spacial score (nSPS) is 37.8. The standard InChI is InChI=1S/C19H24ClNO2/c20-16-3-1-2-13(7-16)4-5-21-17(22)18-8-14-6-15(9-18)11-19(23,10-14)12-18/h1-3,7,14-15,23H,4-6,8-12H2,(H,21,22)/t14-,15-,18?,19?/m1/s1. The molecule has 0 radical (unpaired) electrons. The van der Waals surface area contributed by atoms with Crippen LogP contribution < -0.4 is 5.32 Å². The van der Waals surface area contributed by atoms with Crippen LogP contribution in [0.3, 0.4) is 0 Å². The monoisotopic (exact) mass is 333 g/mol. The number of rotatable bonds is 4. The van der Waals surface area contributed by atoms with Crippen LogP contribution in [0.5, 0.6) is 0 Å². The maximum Gasteiger partial charge on any atom is 0.226 e. The molecule has 4 saturated carbocycles. The van der Waals surface area contributed by atoms with Gasteiger partial charge in [0.15, 0.2) is 0 Å². The molecule has 4 bridgehead atoms. The zero-order valence-electron chi connectivity index (χ0n) is 13.4. The van der Waals surface area contributed by atoms with Gasteiger partial charge in [-0.2, -0.15) is 0 Å². The lowest BCUT2D eigenvalue weighted by Crippen LogP contribution is -2.60. The Labute approximate surface area is 142 Å². The van der Waals surface area contributed by atoms with Gasteiger partial charge < -0.3 is 10.4 Å². The van der Waals surface area contributed by atoms with E-state index in [1.165, 1.54) is 6.42 Å². The third-order valence-corrected chi connectivity index (χ3v) is 6.34. The Hall–Kier alpha value is -1.06. The molecule has 0 unspecified atom stereocenters. The summed E-state index contributed by atoms with van der Waals surface area (Å²) in [5.41, 5.74) is 0.253. The van der Waals surface area contributed by atoms with E-state index in [-0.39, 0.29) is 11.3 Å². The van der Waals surface area contributed by atoms with E-state index in [1.807, 2.05) is 24.3 Å². The van der Waals surface area contributed by atoms with Crippen LogP contribution in [-0.2, 0) is 11.2 Å². The lowest BCUT2D eigenvalue weighted by molar-refractivity contribution is -0.178. The van der Waals surface area contributed by atoms with Gasteiger partial charge in [-0.15, -0.1) is 0 Å². The van der Waals surface area contributed by atoms with Crippen LogP contribution >= 0.6 is 11.6 Å². The van der Waals surface area contributed by atoms with E-state index in [0.717, 1.165) is 42.7 Å². The molecule has 5 rings (SSSR count). The lowest BCUT2D eigenvalue weighted by Gasteiger charge is -2.59. The van der Waals surface area contributed by atoms with Crippen LogP contribution in [0.2, 0.25) is 5.02 Å². The van der Waals surface area contributed by atoms with E-state index in [0.29, 0.717) is 24.8 Å². The van der Waals surface area contributed by atoms with Gasteiger partial charge >= 0.3 is 0 Å². The van der Waals surface area contributed by atoms with Crippen LogP contribution in [0.1, 0.15) is 44.1 Å². The van der Waals surface area contributed by atoms with Crippen molar-refractivity contribution in [1.29, 1.82) is 0 Å². The molecule has 1 amide bonds. The summed E-state index contributed by atoms with van der Waals surface area (Å²) < 4.78 is 0. The van der Waals surface area contributed by atoms with Crippen molar-refractivity contribution in [2.45, 2.75) is 50.5 Å². The quantitative estimate of drug-likeness (QED) is 0.888. The molecule has 4 aliphatic rings. The third-order valence-electron chi connectivity index (χ3n) is 6.10. The van der Waals surface area contributed by atoms with Crippen molar-refractivity contribution in [3.05, 3.63) is 34.9 Å². The molecule has 0 saturated heterocycles. The number of hydrogen-bond acceptors (Lipinski definition) is 2. The van der Waals surface area contributed by atoms with Crippen LogP contribution in [0.4, 0.5) is 0 Å². The minimum Gasteiger partial charge on any atom is -0.390 e. The van der Waals surface area contributed by atoms with Crippen molar-refractivity contribution in [2.24, 2.45) is 17.3 Å². The van der Waals surface area contributed by atoms with Gasteiger partial charge in [-0.05, 0) is 74.5 Å². The van der Waals surface area contributed by atoms with Gasteiger partial charge in [-0.3, -0.25) is 4.79 Å². The average Bonchev–Trinajstić information content (AvgIpc) is 2.44. The maximum atomic E-state index is 12.8.